The second kappa shape index (κ2) is 7.57. The van der Waals surface area contributed by atoms with Crippen LogP contribution in [0, 0.1) is 5.41 Å². The lowest BCUT2D eigenvalue weighted by molar-refractivity contribution is -0.130. The first-order chi connectivity index (χ1) is 8.61. The van der Waals surface area contributed by atoms with Gasteiger partial charge in [-0.2, -0.15) is 0 Å². The van der Waals surface area contributed by atoms with Crippen LogP contribution in [0.25, 0.3) is 0 Å². The van der Waals surface area contributed by atoms with Crippen molar-refractivity contribution in [3.8, 4) is 0 Å². The van der Waals surface area contributed by atoms with Crippen LogP contribution in [0.15, 0.2) is 12.2 Å². The maximum atomic E-state index is 12.0. The van der Waals surface area contributed by atoms with Crippen LogP contribution < -0.4 is 0 Å². The summed E-state index contributed by atoms with van der Waals surface area (Å²) in [4.78, 5) is 13.9. The Morgan fingerprint density at radius 2 is 2.00 bits per heavy atom. The molecule has 0 aliphatic carbocycles. The smallest absolute Gasteiger partial charge is 0.246 e. The number of morpholine rings is 1. The highest BCUT2D eigenvalue weighted by Gasteiger charge is 2.19. The van der Waals surface area contributed by atoms with Gasteiger partial charge in [0.05, 0.1) is 13.2 Å². The Morgan fingerprint density at radius 1 is 1.33 bits per heavy atom. The van der Waals surface area contributed by atoms with Gasteiger partial charge in [-0.25, -0.2) is 0 Å². The van der Waals surface area contributed by atoms with Crippen molar-refractivity contribution in [1.29, 1.82) is 0 Å². The van der Waals surface area contributed by atoms with E-state index in [1.54, 1.807) is 6.08 Å². The molecule has 1 rings (SSSR count). The summed E-state index contributed by atoms with van der Waals surface area (Å²) in [6.45, 7) is 9.42. The van der Waals surface area contributed by atoms with Crippen molar-refractivity contribution in [3.63, 3.8) is 0 Å². The summed E-state index contributed by atoms with van der Waals surface area (Å²) in [6, 6.07) is 0. The Hall–Kier alpha value is -0.830. The lowest BCUT2D eigenvalue weighted by Gasteiger charge is -2.27. The van der Waals surface area contributed by atoms with Crippen LogP contribution in [0.2, 0.25) is 0 Å². The quantitative estimate of drug-likeness (QED) is 0.681. The highest BCUT2D eigenvalue weighted by molar-refractivity contribution is 5.87. The van der Waals surface area contributed by atoms with Crippen LogP contribution >= 0.6 is 0 Å². The molecule has 1 unspecified atom stereocenters. The molecule has 0 bridgehead atoms. The largest absolute Gasteiger partial charge is 0.378 e. The predicted molar refractivity (Wildman–Crippen MR) is 74.5 cm³/mol. The molecule has 1 fully saturated rings. The lowest BCUT2D eigenvalue weighted by atomic mass is 9.82. The maximum absolute atomic E-state index is 12.0. The molecule has 0 aromatic rings. The van der Waals surface area contributed by atoms with Gasteiger partial charge in [0.15, 0.2) is 0 Å². The third-order valence-corrected chi connectivity index (χ3v) is 3.86. The van der Waals surface area contributed by atoms with Crippen molar-refractivity contribution in [1.82, 2.24) is 4.90 Å². The molecule has 3 nitrogen and oxygen atoms in total. The van der Waals surface area contributed by atoms with Crippen molar-refractivity contribution in [2.45, 2.75) is 46.5 Å². The van der Waals surface area contributed by atoms with E-state index >= 15 is 0 Å². The molecule has 0 saturated carbocycles. The number of carbonyl (C=O) groups is 1. The van der Waals surface area contributed by atoms with Gasteiger partial charge < -0.3 is 9.64 Å². The van der Waals surface area contributed by atoms with Crippen molar-refractivity contribution in [2.75, 3.05) is 26.3 Å². The second-order valence-corrected chi connectivity index (χ2v) is 5.38. The molecule has 1 saturated heterocycles. The summed E-state index contributed by atoms with van der Waals surface area (Å²) >= 11 is 0. The average Bonchev–Trinajstić information content (AvgIpc) is 2.43. The molecule has 0 aromatic carbocycles. The van der Waals surface area contributed by atoms with E-state index in [1.807, 2.05) is 4.90 Å². The molecular formula is C15H27NO2. The summed E-state index contributed by atoms with van der Waals surface area (Å²) in [5.41, 5.74) is 0.165. The van der Waals surface area contributed by atoms with Gasteiger partial charge >= 0.3 is 0 Å². The van der Waals surface area contributed by atoms with Gasteiger partial charge in [0.25, 0.3) is 0 Å². The normalized spacial score (nSPS) is 20.1. The van der Waals surface area contributed by atoms with Crippen molar-refractivity contribution >= 4 is 5.91 Å². The summed E-state index contributed by atoms with van der Waals surface area (Å²) < 4.78 is 5.25. The predicted octanol–water partition coefficient (Wildman–Crippen LogP) is 3.01. The van der Waals surface area contributed by atoms with Gasteiger partial charge in [0.2, 0.25) is 5.91 Å². The number of hydrogen-bond donors (Lipinski definition) is 0. The van der Waals surface area contributed by atoms with E-state index in [1.165, 1.54) is 12.8 Å². The number of unbranched alkanes of at least 4 members (excludes halogenated alkanes) is 1. The topological polar surface area (TPSA) is 29.5 Å². The van der Waals surface area contributed by atoms with Crippen molar-refractivity contribution in [2.24, 2.45) is 5.41 Å². The van der Waals surface area contributed by atoms with E-state index in [4.69, 9.17) is 4.74 Å². The summed E-state index contributed by atoms with van der Waals surface area (Å²) in [5, 5.41) is 0. The first-order valence-electron chi connectivity index (χ1n) is 7.17. The third kappa shape index (κ3) is 4.81. The molecule has 1 atom stereocenters. The first kappa shape index (κ1) is 15.2. The summed E-state index contributed by atoms with van der Waals surface area (Å²) in [5.74, 6) is 0.134. The fraction of sp³-hybridized carbons (Fsp3) is 0.800. The second-order valence-electron chi connectivity index (χ2n) is 5.38. The molecule has 18 heavy (non-hydrogen) atoms. The minimum atomic E-state index is 0.134. The molecule has 0 N–H and O–H groups in total. The number of hydrogen-bond acceptors (Lipinski definition) is 2. The molecule has 0 spiro atoms. The minimum absolute atomic E-state index is 0.134. The van der Waals surface area contributed by atoms with Crippen molar-refractivity contribution < 1.29 is 9.53 Å². The van der Waals surface area contributed by atoms with Gasteiger partial charge in [0, 0.05) is 13.1 Å². The van der Waals surface area contributed by atoms with Crippen LogP contribution in [0.1, 0.15) is 46.5 Å². The SMILES string of the molecule is CCCCC(C)(/C=C/C(=O)N1CCOCC1)CC. The molecular weight excluding hydrogens is 226 g/mol. The van der Waals surface area contributed by atoms with Gasteiger partial charge in [-0.3, -0.25) is 4.79 Å². The molecule has 104 valence electrons. The van der Waals surface area contributed by atoms with Gasteiger partial charge in [0.1, 0.15) is 0 Å². The maximum Gasteiger partial charge on any atom is 0.246 e. The molecule has 1 heterocycles. The average molecular weight is 253 g/mol. The number of carbonyl (C=O) groups excluding carboxylic acids is 1. The Labute approximate surface area is 111 Å². The van der Waals surface area contributed by atoms with Crippen LogP contribution in [-0.4, -0.2) is 37.1 Å². The van der Waals surface area contributed by atoms with Gasteiger partial charge in [-0.1, -0.05) is 39.7 Å². The van der Waals surface area contributed by atoms with Crippen molar-refractivity contribution in [3.05, 3.63) is 12.2 Å². The fourth-order valence-electron chi connectivity index (χ4n) is 2.12. The standard InChI is InChI=1S/C15H27NO2/c1-4-6-8-15(3,5-2)9-7-14(17)16-10-12-18-13-11-16/h7,9H,4-6,8,10-13H2,1-3H3/b9-7+. The molecule has 1 aliphatic heterocycles. The highest BCUT2D eigenvalue weighted by atomic mass is 16.5. The van der Waals surface area contributed by atoms with E-state index in [-0.39, 0.29) is 11.3 Å². The molecule has 3 heteroatoms. The number of rotatable bonds is 6. The third-order valence-electron chi connectivity index (χ3n) is 3.86. The Morgan fingerprint density at radius 3 is 2.56 bits per heavy atom. The lowest BCUT2D eigenvalue weighted by Crippen LogP contribution is -2.39. The summed E-state index contributed by atoms with van der Waals surface area (Å²) in [7, 11) is 0. The molecule has 0 radical (unpaired) electrons. The zero-order chi connectivity index (χ0) is 13.4. The highest BCUT2D eigenvalue weighted by Crippen LogP contribution is 2.29. The zero-order valence-corrected chi connectivity index (χ0v) is 12.1. The Kier molecular flexibility index (Phi) is 6.41. The molecule has 1 aliphatic rings. The van der Waals surface area contributed by atoms with E-state index in [9.17, 15) is 4.79 Å². The number of ether oxygens (including phenoxy) is 1. The van der Waals surface area contributed by atoms with E-state index < -0.39 is 0 Å². The Balaban J connectivity index is 2.51. The van der Waals surface area contributed by atoms with Crippen LogP contribution in [0.4, 0.5) is 0 Å². The minimum Gasteiger partial charge on any atom is -0.378 e. The molecule has 1 amide bonds. The fourth-order valence-corrected chi connectivity index (χ4v) is 2.12. The monoisotopic (exact) mass is 253 g/mol. The summed E-state index contributed by atoms with van der Waals surface area (Å²) in [6.07, 6.45) is 8.55. The van der Waals surface area contributed by atoms with Gasteiger partial charge in [-0.05, 0) is 24.3 Å². The zero-order valence-electron chi connectivity index (χ0n) is 12.1. The van der Waals surface area contributed by atoms with Crippen LogP contribution in [-0.2, 0) is 9.53 Å². The number of nitrogens with zero attached hydrogens (tertiary/aromatic N) is 1. The van der Waals surface area contributed by atoms with E-state index in [0.29, 0.717) is 13.2 Å². The van der Waals surface area contributed by atoms with E-state index in [0.717, 1.165) is 25.9 Å². The first-order valence-corrected chi connectivity index (χ1v) is 7.17. The number of allylic oxidation sites excluding steroid dienone is 1. The van der Waals surface area contributed by atoms with Crippen LogP contribution in [0.3, 0.4) is 0 Å². The Bertz CT molecular complexity index is 282. The van der Waals surface area contributed by atoms with Gasteiger partial charge in [-0.15, -0.1) is 0 Å². The van der Waals surface area contributed by atoms with E-state index in [2.05, 4.69) is 26.8 Å². The molecule has 0 aromatic heterocycles. The number of amides is 1. The van der Waals surface area contributed by atoms with Crippen LogP contribution in [0.5, 0.6) is 0 Å².